The molecule has 0 aliphatic heterocycles. The standard InChI is InChI=1S/C16H18N2O4/c1-17-14(19)12-8-4-5-9-13(12)18-15(20)10-6-2-3-7-11(10)16(21)22/h2-5,8-11H,6-7H2,1H3,(H,17,19)(H,18,20)(H,21,22)/p-1/t10-,11+/m0/s1. The SMILES string of the molecule is CNC(=O)c1ccccc1NC(=O)[C@H]1CC=CC[C@H]1C(=O)[O-]. The number of aliphatic carboxylic acids is 1. The van der Waals surface area contributed by atoms with Crippen molar-refractivity contribution in [2.24, 2.45) is 11.8 Å². The third-order valence-electron chi connectivity index (χ3n) is 3.73. The molecular formula is C16H17N2O4-. The van der Waals surface area contributed by atoms with Crippen LogP contribution < -0.4 is 15.7 Å². The van der Waals surface area contributed by atoms with Gasteiger partial charge < -0.3 is 20.5 Å². The van der Waals surface area contributed by atoms with Crippen LogP contribution in [-0.2, 0) is 9.59 Å². The Bertz CT molecular complexity index is 624. The van der Waals surface area contributed by atoms with E-state index in [1.165, 1.54) is 7.05 Å². The van der Waals surface area contributed by atoms with Crippen molar-refractivity contribution in [2.45, 2.75) is 12.8 Å². The molecule has 1 aliphatic carbocycles. The number of carbonyl (C=O) groups excluding carboxylic acids is 3. The Morgan fingerprint density at radius 3 is 2.36 bits per heavy atom. The third kappa shape index (κ3) is 3.33. The second kappa shape index (κ2) is 6.89. The Morgan fingerprint density at radius 2 is 1.73 bits per heavy atom. The summed E-state index contributed by atoms with van der Waals surface area (Å²) in [6.07, 6.45) is 4.14. The first-order chi connectivity index (χ1) is 10.5. The summed E-state index contributed by atoms with van der Waals surface area (Å²) < 4.78 is 0. The molecule has 0 radical (unpaired) electrons. The van der Waals surface area contributed by atoms with Gasteiger partial charge in [0.1, 0.15) is 0 Å². The fourth-order valence-electron chi connectivity index (χ4n) is 2.51. The summed E-state index contributed by atoms with van der Waals surface area (Å²) >= 11 is 0. The van der Waals surface area contributed by atoms with Gasteiger partial charge in [0.05, 0.1) is 17.2 Å². The third-order valence-corrected chi connectivity index (χ3v) is 3.73. The quantitative estimate of drug-likeness (QED) is 0.782. The van der Waals surface area contributed by atoms with E-state index in [9.17, 15) is 19.5 Å². The number of rotatable bonds is 4. The number of hydrogen-bond acceptors (Lipinski definition) is 4. The topological polar surface area (TPSA) is 98.3 Å². The van der Waals surface area contributed by atoms with Crippen molar-refractivity contribution in [1.82, 2.24) is 5.32 Å². The highest BCUT2D eigenvalue weighted by molar-refractivity contribution is 6.04. The minimum Gasteiger partial charge on any atom is -0.550 e. The maximum atomic E-state index is 12.4. The van der Waals surface area contributed by atoms with Crippen LogP contribution in [0.5, 0.6) is 0 Å². The minimum atomic E-state index is -1.23. The highest BCUT2D eigenvalue weighted by atomic mass is 16.4. The van der Waals surface area contributed by atoms with Crippen LogP contribution in [0.2, 0.25) is 0 Å². The lowest BCUT2D eigenvalue weighted by Crippen LogP contribution is -2.41. The molecule has 2 amide bonds. The molecular weight excluding hydrogens is 284 g/mol. The molecule has 0 unspecified atom stereocenters. The van der Waals surface area contributed by atoms with Crippen molar-refractivity contribution < 1.29 is 19.5 Å². The van der Waals surface area contributed by atoms with Crippen LogP contribution in [0.25, 0.3) is 0 Å². The molecule has 1 aliphatic rings. The van der Waals surface area contributed by atoms with Crippen molar-refractivity contribution in [1.29, 1.82) is 0 Å². The molecule has 0 saturated carbocycles. The number of benzene rings is 1. The van der Waals surface area contributed by atoms with Crippen molar-refractivity contribution >= 4 is 23.5 Å². The zero-order valence-electron chi connectivity index (χ0n) is 12.2. The van der Waals surface area contributed by atoms with Crippen LogP contribution in [0.1, 0.15) is 23.2 Å². The molecule has 6 nitrogen and oxygen atoms in total. The van der Waals surface area contributed by atoms with Crippen LogP contribution in [0.3, 0.4) is 0 Å². The fourth-order valence-corrected chi connectivity index (χ4v) is 2.51. The van der Waals surface area contributed by atoms with E-state index in [-0.39, 0.29) is 12.3 Å². The van der Waals surface area contributed by atoms with E-state index in [0.717, 1.165) is 0 Å². The molecule has 2 N–H and O–H groups in total. The molecule has 2 rings (SSSR count). The van der Waals surface area contributed by atoms with Gasteiger partial charge in [-0.1, -0.05) is 24.3 Å². The second-order valence-electron chi connectivity index (χ2n) is 5.09. The Labute approximate surface area is 128 Å². The highest BCUT2D eigenvalue weighted by Crippen LogP contribution is 2.27. The molecule has 22 heavy (non-hydrogen) atoms. The average molecular weight is 301 g/mol. The van der Waals surface area contributed by atoms with Crippen LogP contribution in [0, 0.1) is 11.8 Å². The summed E-state index contributed by atoms with van der Waals surface area (Å²) in [5, 5.41) is 16.3. The van der Waals surface area contributed by atoms with Crippen molar-refractivity contribution in [3.63, 3.8) is 0 Å². The van der Waals surface area contributed by atoms with Gasteiger partial charge >= 0.3 is 0 Å². The van der Waals surface area contributed by atoms with E-state index in [1.807, 2.05) is 0 Å². The molecule has 0 spiro atoms. The maximum Gasteiger partial charge on any atom is 0.253 e. The molecule has 0 aromatic heterocycles. The van der Waals surface area contributed by atoms with E-state index in [2.05, 4.69) is 10.6 Å². The van der Waals surface area contributed by atoms with Crippen molar-refractivity contribution in [2.75, 3.05) is 12.4 Å². The number of para-hydroxylation sites is 1. The number of hydrogen-bond donors (Lipinski definition) is 2. The molecule has 116 valence electrons. The van der Waals surface area contributed by atoms with Gasteiger partial charge in [0.15, 0.2) is 0 Å². The van der Waals surface area contributed by atoms with Gasteiger partial charge in [0, 0.05) is 18.9 Å². The summed E-state index contributed by atoms with van der Waals surface area (Å²) in [4.78, 5) is 35.3. The van der Waals surface area contributed by atoms with E-state index < -0.39 is 23.7 Å². The number of allylic oxidation sites excluding steroid dienone is 2. The van der Waals surface area contributed by atoms with E-state index in [0.29, 0.717) is 17.7 Å². The Hall–Kier alpha value is -2.63. The summed E-state index contributed by atoms with van der Waals surface area (Å²) in [5.74, 6) is -3.53. The lowest BCUT2D eigenvalue weighted by Gasteiger charge is -2.28. The molecule has 0 heterocycles. The molecule has 1 aromatic carbocycles. The minimum absolute atomic E-state index is 0.275. The van der Waals surface area contributed by atoms with Crippen LogP contribution >= 0.6 is 0 Å². The molecule has 0 fully saturated rings. The Kier molecular flexibility index (Phi) is 4.93. The van der Waals surface area contributed by atoms with Crippen LogP contribution in [-0.4, -0.2) is 24.8 Å². The van der Waals surface area contributed by atoms with Gasteiger partial charge in [0.2, 0.25) is 5.91 Å². The number of carboxylic acid groups (broad SMARTS) is 1. The summed E-state index contributed by atoms with van der Waals surface area (Å²) in [7, 11) is 1.50. The highest BCUT2D eigenvalue weighted by Gasteiger charge is 2.30. The zero-order valence-corrected chi connectivity index (χ0v) is 12.2. The number of nitrogens with one attached hydrogen (secondary N) is 2. The van der Waals surface area contributed by atoms with Gasteiger partial charge in [-0.25, -0.2) is 0 Å². The monoisotopic (exact) mass is 301 g/mol. The lowest BCUT2D eigenvalue weighted by molar-refractivity contribution is -0.313. The molecule has 0 bridgehead atoms. The van der Waals surface area contributed by atoms with Crippen molar-refractivity contribution in [3.05, 3.63) is 42.0 Å². The number of amides is 2. The molecule has 2 atom stereocenters. The summed E-state index contributed by atoms with van der Waals surface area (Å²) in [6.45, 7) is 0. The van der Waals surface area contributed by atoms with Gasteiger partial charge in [0.25, 0.3) is 5.91 Å². The Balaban J connectivity index is 2.20. The van der Waals surface area contributed by atoms with E-state index in [4.69, 9.17) is 0 Å². The summed E-state index contributed by atoms with van der Waals surface area (Å²) in [6, 6.07) is 6.58. The van der Waals surface area contributed by atoms with E-state index >= 15 is 0 Å². The smallest absolute Gasteiger partial charge is 0.253 e. The average Bonchev–Trinajstić information content (AvgIpc) is 2.54. The number of carbonyl (C=O) groups is 3. The van der Waals surface area contributed by atoms with Crippen LogP contribution in [0.4, 0.5) is 5.69 Å². The lowest BCUT2D eigenvalue weighted by atomic mass is 9.82. The van der Waals surface area contributed by atoms with Gasteiger partial charge in [-0.05, 0) is 25.0 Å². The Morgan fingerprint density at radius 1 is 1.09 bits per heavy atom. The molecule has 6 heteroatoms. The first-order valence-corrected chi connectivity index (χ1v) is 7.02. The predicted molar refractivity (Wildman–Crippen MR) is 78.8 cm³/mol. The van der Waals surface area contributed by atoms with Crippen LogP contribution in [0.15, 0.2) is 36.4 Å². The maximum absolute atomic E-state index is 12.4. The number of carboxylic acids is 1. The summed E-state index contributed by atoms with van der Waals surface area (Å²) in [5.41, 5.74) is 0.688. The first kappa shape index (κ1) is 15.8. The second-order valence-corrected chi connectivity index (χ2v) is 5.09. The van der Waals surface area contributed by atoms with Gasteiger partial charge in [-0.2, -0.15) is 0 Å². The molecule has 0 saturated heterocycles. The predicted octanol–water partition coefficient (Wildman–Crippen LogP) is 0.317. The normalized spacial score (nSPS) is 20.2. The van der Waals surface area contributed by atoms with Gasteiger partial charge in [-0.3, -0.25) is 9.59 Å². The zero-order chi connectivity index (χ0) is 16.1. The fraction of sp³-hybridized carbons (Fsp3) is 0.312. The molecule has 1 aromatic rings. The van der Waals surface area contributed by atoms with Gasteiger partial charge in [-0.15, -0.1) is 0 Å². The number of anilines is 1. The largest absolute Gasteiger partial charge is 0.550 e. The first-order valence-electron chi connectivity index (χ1n) is 7.02. The van der Waals surface area contributed by atoms with E-state index in [1.54, 1.807) is 36.4 Å². The van der Waals surface area contributed by atoms with Crippen molar-refractivity contribution in [3.8, 4) is 0 Å².